The van der Waals surface area contributed by atoms with Gasteiger partial charge in [0, 0.05) is 0 Å². The van der Waals surface area contributed by atoms with Gasteiger partial charge >= 0.3 is 18.1 Å². The Balaban J connectivity index is 3.45. The van der Waals surface area contributed by atoms with E-state index in [0.29, 0.717) is 11.3 Å². The molecule has 0 aliphatic rings. The molecule has 1 heterocycles. The Kier molecular flexibility index (Phi) is 4.98. The number of carbonyl (C=O) groups is 2. The maximum atomic E-state index is 13.1. The predicted octanol–water partition coefficient (Wildman–Crippen LogP) is 2.70. The van der Waals surface area contributed by atoms with Crippen LogP contribution < -0.4 is 5.73 Å². The molecule has 0 aliphatic carbocycles. The summed E-state index contributed by atoms with van der Waals surface area (Å²) in [6.45, 7) is 2.69. The third kappa shape index (κ3) is 3.21. The van der Waals surface area contributed by atoms with Crippen LogP contribution in [0.1, 0.15) is 39.4 Å². The van der Waals surface area contributed by atoms with Crippen LogP contribution in [0.3, 0.4) is 0 Å². The molecule has 0 fully saturated rings. The second-order valence-corrected chi connectivity index (χ2v) is 4.54. The summed E-state index contributed by atoms with van der Waals surface area (Å²) in [7, 11) is 0. The number of hydrogen-bond acceptors (Lipinski definition) is 6. The lowest BCUT2D eigenvalue weighted by molar-refractivity contribution is -0.138. The van der Waals surface area contributed by atoms with Crippen LogP contribution in [-0.2, 0) is 15.7 Å². The summed E-state index contributed by atoms with van der Waals surface area (Å²) in [4.78, 5) is 22.4. The number of thiophene rings is 1. The molecule has 20 heavy (non-hydrogen) atoms. The number of alkyl halides is 3. The second kappa shape index (κ2) is 6.12. The minimum atomic E-state index is -4.92. The van der Waals surface area contributed by atoms with Gasteiger partial charge < -0.3 is 15.2 Å². The fraction of sp³-hybridized carbons (Fsp3) is 0.455. The van der Waals surface area contributed by atoms with Crippen molar-refractivity contribution in [2.75, 3.05) is 18.9 Å². The molecule has 0 aromatic carbocycles. The summed E-state index contributed by atoms with van der Waals surface area (Å²) in [5.74, 6) is -2.39. The summed E-state index contributed by atoms with van der Waals surface area (Å²) in [6.07, 6.45) is -4.92. The van der Waals surface area contributed by atoms with E-state index in [-0.39, 0.29) is 13.2 Å². The smallest absolute Gasteiger partial charge is 0.418 e. The first-order chi connectivity index (χ1) is 9.23. The number of anilines is 1. The highest BCUT2D eigenvalue weighted by molar-refractivity contribution is 7.18. The zero-order valence-corrected chi connectivity index (χ0v) is 11.5. The van der Waals surface area contributed by atoms with Crippen molar-refractivity contribution >= 4 is 28.3 Å². The number of halogens is 3. The summed E-state index contributed by atoms with van der Waals surface area (Å²) < 4.78 is 48.2. The van der Waals surface area contributed by atoms with E-state index >= 15 is 0 Å². The lowest BCUT2D eigenvalue weighted by Gasteiger charge is -2.10. The lowest BCUT2D eigenvalue weighted by Crippen LogP contribution is -2.18. The van der Waals surface area contributed by atoms with E-state index in [1.54, 1.807) is 0 Å². The topological polar surface area (TPSA) is 78.6 Å². The van der Waals surface area contributed by atoms with Crippen LogP contribution in [0.2, 0.25) is 0 Å². The summed E-state index contributed by atoms with van der Waals surface area (Å²) in [6, 6.07) is 0. The van der Waals surface area contributed by atoms with Gasteiger partial charge in [-0.2, -0.15) is 13.2 Å². The average molecular weight is 311 g/mol. The minimum absolute atomic E-state index is 0.0946. The first-order valence-corrected chi connectivity index (χ1v) is 6.39. The summed E-state index contributed by atoms with van der Waals surface area (Å²) in [5, 5.41) is -0.432. The number of rotatable bonds is 4. The maximum Gasteiger partial charge on any atom is 0.418 e. The number of carbonyl (C=O) groups excluding carboxylic acids is 2. The van der Waals surface area contributed by atoms with E-state index in [2.05, 4.69) is 9.47 Å². The monoisotopic (exact) mass is 311 g/mol. The molecule has 0 bridgehead atoms. The second-order valence-electron chi connectivity index (χ2n) is 3.48. The van der Waals surface area contributed by atoms with Crippen molar-refractivity contribution in [3.05, 3.63) is 16.0 Å². The maximum absolute atomic E-state index is 13.1. The van der Waals surface area contributed by atoms with Gasteiger partial charge in [0.25, 0.3) is 0 Å². The molecule has 1 rings (SSSR count). The fourth-order valence-electron chi connectivity index (χ4n) is 1.47. The minimum Gasteiger partial charge on any atom is -0.462 e. The highest BCUT2D eigenvalue weighted by atomic mass is 32.1. The molecule has 0 spiro atoms. The molecule has 0 saturated carbocycles. The van der Waals surface area contributed by atoms with E-state index < -0.39 is 39.1 Å². The van der Waals surface area contributed by atoms with Crippen molar-refractivity contribution in [1.29, 1.82) is 0 Å². The van der Waals surface area contributed by atoms with Gasteiger partial charge in [0.1, 0.15) is 15.4 Å². The summed E-state index contributed by atoms with van der Waals surface area (Å²) >= 11 is 0.353. The van der Waals surface area contributed by atoms with Crippen LogP contribution in [-0.4, -0.2) is 25.2 Å². The SMILES string of the molecule is CCOC(=O)c1sc(N)c(C(=O)OCC)c1C(F)(F)F. The standard InChI is InChI=1S/C11H12F3NO4S/c1-3-18-9(16)5-6(11(12,13)14)7(20-8(5)15)10(17)19-4-2/h3-4,15H2,1-2H3. The van der Waals surface area contributed by atoms with E-state index in [1.165, 1.54) is 13.8 Å². The molecule has 0 radical (unpaired) electrons. The molecule has 9 heteroatoms. The number of nitrogens with two attached hydrogens (primary N) is 1. The van der Waals surface area contributed by atoms with Gasteiger partial charge in [-0.15, -0.1) is 11.3 Å². The van der Waals surface area contributed by atoms with Crippen molar-refractivity contribution < 1.29 is 32.2 Å². The number of nitrogen functional groups attached to an aromatic ring is 1. The van der Waals surface area contributed by atoms with Crippen LogP contribution in [0.25, 0.3) is 0 Å². The van der Waals surface area contributed by atoms with Crippen LogP contribution in [0.15, 0.2) is 0 Å². The van der Waals surface area contributed by atoms with Crippen LogP contribution in [0, 0.1) is 0 Å². The van der Waals surface area contributed by atoms with Gasteiger partial charge in [0.15, 0.2) is 0 Å². The van der Waals surface area contributed by atoms with Gasteiger partial charge in [-0.05, 0) is 13.8 Å². The molecule has 0 saturated heterocycles. The average Bonchev–Trinajstić information content (AvgIpc) is 2.67. The van der Waals surface area contributed by atoms with Crippen molar-refractivity contribution in [1.82, 2.24) is 0 Å². The van der Waals surface area contributed by atoms with Gasteiger partial charge in [-0.1, -0.05) is 0 Å². The van der Waals surface area contributed by atoms with E-state index in [0.717, 1.165) is 0 Å². The largest absolute Gasteiger partial charge is 0.462 e. The van der Waals surface area contributed by atoms with Gasteiger partial charge in [0.2, 0.25) is 0 Å². The third-order valence-electron chi connectivity index (χ3n) is 2.16. The Hall–Kier alpha value is -1.77. The Morgan fingerprint density at radius 3 is 2.10 bits per heavy atom. The van der Waals surface area contributed by atoms with Gasteiger partial charge in [-0.3, -0.25) is 0 Å². The van der Waals surface area contributed by atoms with Crippen LogP contribution in [0.4, 0.5) is 18.2 Å². The molecule has 1 aromatic heterocycles. The Bertz CT molecular complexity index is 524. The molecule has 112 valence electrons. The molecular formula is C11H12F3NO4S. The first-order valence-electron chi connectivity index (χ1n) is 5.57. The van der Waals surface area contributed by atoms with Crippen molar-refractivity contribution in [2.24, 2.45) is 0 Å². The number of esters is 2. The van der Waals surface area contributed by atoms with Crippen LogP contribution in [0.5, 0.6) is 0 Å². The zero-order valence-electron chi connectivity index (χ0n) is 10.7. The molecule has 0 unspecified atom stereocenters. The zero-order chi connectivity index (χ0) is 15.5. The Morgan fingerprint density at radius 1 is 1.15 bits per heavy atom. The highest BCUT2D eigenvalue weighted by Crippen LogP contribution is 2.42. The number of ether oxygens (including phenoxy) is 2. The van der Waals surface area contributed by atoms with Crippen LogP contribution >= 0.6 is 11.3 Å². The van der Waals surface area contributed by atoms with Crippen molar-refractivity contribution in [2.45, 2.75) is 20.0 Å². The highest BCUT2D eigenvalue weighted by Gasteiger charge is 2.44. The molecule has 1 aromatic rings. The Labute approximate surface area is 116 Å². The van der Waals surface area contributed by atoms with Gasteiger partial charge in [0.05, 0.1) is 18.8 Å². The van der Waals surface area contributed by atoms with E-state index in [4.69, 9.17) is 5.73 Å². The van der Waals surface area contributed by atoms with E-state index in [1.807, 2.05) is 0 Å². The molecule has 2 N–H and O–H groups in total. The third-order valence-corrected chi connectivity index (χ3v) is 3.16. The Morgan fingerprint density at radius 2 is 1.65 bits per heavy atom. The van der Waals surface area contributed by atoms with Crippen molar-refractivity contribution in [3.63, 3.8) is 0 Å². The molecule has 0 aliphatic heterocycles. The normalized spacial score (nSPS) is 11.2. The molecule has 0 amide bonds. The first kappa shape index (κ1) is 16.3. The number of hydrogen-bond donors (Lipinski definition) is 1. The molecule has 0 atom stereocenters. The summed E-state index contributed by atoms with van der Waals surface area (Å²) in [5.41, 5.74) is 3.17. The van der Waals surface area contributed by atoms with E-state index in [9.17, 15) is 22.8 Å². The molecule has 5 nitrogen and oxygen atoms in total. The fourth-order valence-corrected chi connectivity index (χ4v) is 2.43. The van der Waals surface area contributed by atoms with Gasteiger partial charge in [-0.25, -0.2) is 9.59 Å². The molecular weight excluding hydrogens is 299 g/mol. The predicted molar refractivity (Wildman–Crippen MR) is 65.6 cm³/mol. The van der Waals surface area contributed by atoms with Crippen molar-refractivity contribution in [3.8, 4) is 0 Å². The lowest BCUT2D eigenvalue weighted by atomic mass is 10.1. The quantitative estimate of drug-likeness (QED) is 0.865.